The van der Waals surface area contributed by atoms with E-state index in [1.807, 2.05) is 23.0 Å². The lowest BCUT2D eigenvalue weighted by Gasteiger charge is -2.20. The van der Waals surface area contributed by atoms with Crippen LogP contribution < -0.4 is 5.32 Å². The van der Waals surface area contributed by atoms with Gasteiger partial charge in [-0.15, -0.1) is 5.10 Å². The molecule has 0 saturated heterocycles. The molecule has 1 fully saturated rings. The van der Waals surface area contributed by atoms with Gasteiger partial charge in [-0.2, -0.15) is 11.3 Å². The number of hydrogen-bond donors (Lipinski definition) is 1. The van der Waals surface area contributed by atoms with E-state index in [0.717, 1.165) is 23.7 Å². The summed E-state index contributed by atoms with van der Waals surface area (Å²) in [7, 11) is 0. The van der Waals surface area contributed by atoms with Crippen LogP contribution in [0, 0.1) is 5.92 Å². The van der Waals surface area contributed by atoms with Crippen molar-refractivity contribution < 1.29 is 4.79 Å². The molecule has 0 bridgehead atoms. The number of nitrogens with one attached hydrogen (secondary N) is 1. The average molecular weight is 318 g/mol. The summed E-state index contributed by atoms with van der Waals surface area (Å²) in [6.07, 6.45) is 10.1. The Balaban J connectivity index is 1.41. The first kappa shape index (κ1) is 15.2. The molecule has 1 aliphatic rings. The van der Waals surface area contributed by atoms with Crippen molar-refractivity contribution >= 4 is 17.2 Å². The van der Waals surface area contributed by atoms with Gasteiger partial charge in [0.2, 0.25) is 5.91 Å². The fourth-order valence-corrected chi connectivity index (χ4v) is 3.60. The number of carbonyl (C=O) groups is 1. The normalized spacial score (nSPS) is 15.8. The van der Waals surface area contributed by atoms with Gasteiger partial charge in [0.1, 0.15) is 5.69 Å². The molecule has 0 radical (unpaired) electrons. The average Bonchev–Trinajstić information content (AvgIpc) is 3.22. The zero-order valence-corrected chi connectivity index (χ0v) is 13.5. The fraction of sp³-hybridized carbons (Fsp3) is 0.562. The van der Waals surface area contributed by atoms with Gasteiger partial charge in [0.25, 0.3) is 0 Å². The van der Waals surface area contributed by atoms with Gasteiger partial charge < -0.3 is 5.32 Å². The van der Waals surface area contributed by atoms with Crippen LogP contribution in [-0.4, -0.2) is 20.9 Å². The zero-order valence-electron chi connectivity index (χ0n) is 12.7. The number of aromatic nitrogens is 3. The summed E-state index contributed by atoms with van der Waals surface area (Å²) in [5.41, 5.74) is 1.80. The van der Waals surface area contributed by atoms with Gasteiger partial charge in [-0.1, -0.05) is 37.3 Å². The topological polar surface area (TPSA) is 59.8 Å². The number of amides is 1. The molecular formula is C16H22N4OS. The summed E-state index contributed by atoms with van der Waals surface area (Å²) < 4.78 is 1.74. The molecule has 2 aromatic rings. The lowest BCUT2D eigenvalue weighted by atomic mass is 9.86. The van der Waals surface area contributed by atoms with Crippen molar-refractivity contribution in [2.45, 2.75) is 51.5 Å². The van der Waals surface area contributed by atoms with Crippen LogP contribution >= 0.6 is 11.3 Å². The Labute approximate surface area is 134 Å². The van der Waals surface area contributed by atoms with Gasteiger partial charge in [-0.3, -0.25) is 4.79 Å². The third kappa shape index (κ3) is 4.16. The SMILES string of the molecule is O=C(CCC1CCCCC1)NCc1cn(-c2ccsc2)nn1. The predicted octanol–water partition coefficient (Wildman–Crippen LogP) is 3.31. The highest BCUT2D eigenvalue weighted by atomic mass is 32.1. The number of thiophene rings is 1. The van der Waals surface area contributed by atoms with Gasteiger partial charge in [-0.05, 0) is 23.8 Å². The van der Waals surface area contributed by atoms with E-state index in [1.54, 1.807) is 16.0 Å². The zero-order chi connectivity index (χ0) is 15.2. The Morgan fingerprint density at radius 2 is 2.23 bits per heavy atom. The summed E-state index contributed by atoms with van der Waals surface area (Å²) in [6.45, 7) is 0.452. The number of rotatable bonds is 6. The minimum absolute atomic E-state index is 0.121. The molecule has 0 aliphatic heterocycles. The molecule has 6 heteroatoms. The second kappa shape index (κ2) is 7.54. The number of hydrogen-bond acceptors (Lipinski definition) is 4. The van der Waals surface area contributed by atoms with Crippen molar-refractivity contribution in [2.24, 2.45) is 5.92 Å². The number of carbonyl (C=O) groups excluding carboxylic acids is 1. The molecule has 1 N–H and O–H groups in total. The predicted molar refractivity (Wildman–Crippen MR) is 86.9 cm³/mol. The van der Waals surface area contributed by atoms with Crippen LogP contribution in [0.2, 0.25) is 0 Å². The van der Waals surface area contributed by atoms with Gasteiger partial charge in [0.15, 0.2) is 0 Å². The van der Waals surface area contributed by atoms with E-state index >= 15 is 0 Å². The first-order valence-corrected chi connectivity index (χ1v) is 8.96. The van der Waals surface area contributed by atoms with Crippen molar-refractivity contribution in [1.82, 2.24) is 20.3 Å². The molecule has 0 atom stereocenters. The Morgan fingerprint density at radius 3 is 3.00 bits per heavy atom. The lowest BCUT2D eigenvalue weighted by molar-refractivity contribution is -0.121. The third-order valence-electron chi connectivity index (χ3n) is 4.28. The van der Waals surface area contributed by atoms with E-state index in [4.69, 9.17) is 0 Å². The third-order valence-corrected chi connectivity index (χ3v) is 4.95. The first-order valence-electron chi connectivity index (χ1n) is 8.02. The monoisotopic (exact) mass is 318 g/mol. The minimum atomic E-state index is 0.121. The van der Waals surface area contributed by atoms with Crippen LogP contribution in [0.4, 0.5) is 0 Å². The summed E-state index contributed by atoms with van der Waals surface area (Å²) in [4.78, 5) is 11.9. The van der Waals surface area contributed by atoms with E-state index in [1.165, 1.54) is 32.1 Å². The second-order valence-electron chi connectivity index (χ2n) is 5.96. The summed E-state index contributed by atoms with van der Waals surface area (Å²) >= 11 is 1.62. The highest BCUT2D eigenvalue weighted by Crippen LogP contribution is 2.27. The molecule has 1 amide bonds. The molecule has 2 heterocycles. The Bertz CT molecular complexity index is 587. The summed E-state index contributed by atoms with van der Waals surface area (Å²) in [5.74, 6) is 0.870. The summed E-state index contributed by atoms with van der Waals surface area (Å²) in [5, 5.41) is 15.1. The summed E-state index contributed by atoms with van der Waals surface area (Å²) in [6, 6.07) is 1.99. The van der Waals surface area contributed by atoms with Crippen molar-refractivity contribution in [2.75, 3.05) is 0 Å². The van der Waals surface area contributed by atoms with E-state index in [9.17, 15) is 4.79 Å². The smallest absolute Gasteiger partial charge is 0.220 e. The van der Waals surface area contributed by atoms with Gasteiger partial charge >= 0.3 is 0 Å². The maximum Gasteiger partial charge on any atom is 0.220 e. The van der Waals surface area contributed by atoms with Gasteiger partial charge in [-0.25, -0.2) is 4.68 Å². The van der Waals surface area contributed by atoms with Gasteiger partial charge in [0, 0.05) is 11.8 Å². The number of nitrogens with zero attached hydrogens (tertiary/aromatic N) is 3. The molecule has 0 spiro atoms. The molecule has 0 aromatic carbocycles. The maximum absolute atomic E-state index is 11.9. The lowest BCUT2D eigenvalue weighted by Crippen LogP contribution is -2.23. The first-order chi connectivity index (χ1) is 10.8. The van der Waals surface area contributed by atoms with Crippen LogP contribution in [0.5, 0.6) is 0 Å². The molecule has 3 rings (SSSR count). The quantitative estimate of drug-likeness (QED) is 0.889. The fourth-order valence-electron chi connectivity index (χ4n) is 2.98. The van der Waals surface area contributed by atoms with Crippen LogP contribution in [-0.2, 0) is 11.3 Å². The van der Waals surface area contributed by atoms with Gasteiger partial charge in [0.05, 0.1) is 18.4 Å². The van der Waals surface area contributed by atoms with Crippen LogP contribution in [0.3, 0.4) is 0 Å². The van der Waals surface area contributed by atoms with Crippen molar-refractivity contribution in [3.05, 3.63) is 28.7 Å². The molecule has 0 unspecified atom stereocenters. The Kier molecular flexibility index (Phi) is 5.21. The second-order valence-corrected chi connectivity index (χ2v) is 6.74. The molecular weight excluding hydrogens is 296 g/mol. The van der Waals surface area contributed by atoms with Crippen molar-refractivity contribution in [3.8, 4) is 5.69 Å². The van der Waals surface area contributed by atoms with E-state index in [-0.39, 0.29) is 5.91 Å². The van der Waals surface area contributed by atoms with Crippen LogP contribution in [0.15, 0.2) is 23.0 Å². The van der Waals surface area contributed by atoms with E-state index in [2.05, 4.69) is 15.6 Å². The molecule has 118 valence electrons. The Morgan fingerprint density at radius 1 is 1.36 bits per heavy atom. The Hall–Kier alpha value is -1.69. The molecule has 5 nitrogen and oxygen atoms in total. The largest absolute Gasteiger partial charge is 0.350 e. The van der Waals surface area contributed by atoms with Crippen LogP contribution in [0.25, 0.3) is 5.69 Å². The molecule has 1 aliphatic carbocycles. The van der Waals surface area contributed by atoms with E-state index in [0.29, 0.717) is 13.0 Å². The molecule has 2 aromatic heterocycles. The highest BCUT2D eigenvalue weighted by Gasteiger charge is 2.14. The minimum Gasteiger partial charge on any atom is -0.350 e. The van der Waals surface area contributed by atoms with E-state index < -0.39 is 0 Å². The van der Waals surface area contributed by atoms with Crippen molar-refractivity contribution in [1.29, 1.82) is 0 Å². The highest BCUT2D eigenvalue weighted by molar-refractivity contribution is 7.08. The van der Waals surface area contributed by atoms with Crippen molar-refractivity contribution in [3.63, 3.8) is 0 Å². The maximum atomic E-state index is 11.9. The molecule has 1 saturated carbocycles. The van der Waals surface area contributed by atoms with Crippen LogP contribution in [0.1, 0.15) is 50.6 Å². The standard InChI is InChI=1S/C16H22N4OS/c21-16(7-6-13-4-2-1-3-5-13)17-10-14-11-20(19-18-14)15-8-9-22-12-15/h8-9,11-13H,1-7,10H2,(H,17,21). The molecule has 22 heavy (non-hydrogen) atoms.